The molecule has 2 rings (SSSR count). The smallest absolute Gasteiger partial charge is 0.255 e. The summed E-state index contributed by atoms with van der Waals surface area (Å²) in [5.74, 6) is 0.963. The van der Waals surface area contributed by atoms with E-state index in [1.54, 1.807) is 0 Å². The number of hydrogen-bond donors (Lipinski definition) is 0. The monoisotopic (exact) mass is 330 g/mol. The van der Waals surface area contributed by atoms with Crippen LogP contribution in [0.15, 0.2) is 18.2 Å². The molecule has 1 amide bonds. The van der Waals surface area contributed by atoms with Crippen molar-refractivity contribution in [2.24, 2.45) is 5.92 Å². The fraction of sp³-hybridized carbons (Fsp3) is 0.667. The minimum atomic E-state index is 0.221. The van der Waals surface area contributed by atoms with E-state index in [1.165, 1.54) is 18.4 Å². The van der Waals surface area contributed by atoms with E-state index in [-0.39, 0.29) is 5.91 Å². The van der Waals surface area contributed by atoms with Crippen LogP contribution in [0.5, 0.6) is 0 Å². The van der Waals surface area contributed by atoms with E-state index in [0.717, 1.165) is 62.6 Å². The van der Waals surface area contributed by atoms with Crippen molar-refractivity contribution in [3.05, 3.63) is 29.3 Å². The van der Waals surface area contributed by atoms with E-state index in [9.17, 15) is 4.79 Å². The highest BCUT2D eigenvalue weighted by Gasteiger charge is 2.24. The molecule has 0 atom stereocenters. The third kappa shape index (κ3) is 4.75. The summed E-state index contributed by atoms with van der Waals surface area (Å²) in [6, 6.07) is 6.38. The number of anilines is 1. The van der Waals surface area contributed by atoms with Crippen LogP contribution in [0.3, 0.4) is 0 Å². The van der Waals surface area contributed by atoms with E-state index in [4.69, 9.17) is 0 Å². The van der Waals surface area contributed by atoms with Gasteiger partial charge in [-0.25, -0.2) is 0 Å². The van der Waals surface area contributed by atoms with Gasteiger partial charge in [0.25, 0.3) is 5.91 Å². The predicted molar refractivity (Wildman–Crippen MR) is 103 cm³/mol. The van der Waals surface area contributed by atoms with E-state index in [1.807, 2.05) is 0 Å². The molecule has 1 aliphatic rings. The summed E-state index contributed by atoms with van der Waals surface area (Å²) in [6.45, 7) is 12.6. The number of benzene rings is 1. The fourth-order valence-corrected chi connectivity index (χ4v) is 3.45. The van der Waals surface area contributed by atoms with E-state index < -0.39 is 0 Å². The molecule has 1 aromatic carbocycles. The minimum Gasteiger partial charge on any atom is -0.371 e. The zero-order valence-electron chi connectivity index (χ0n) is 16.0. The van der Waals surface area contributed by atoms with Gasteiger partial charge in [0.15, 0.2) is 0 Å². The molecule has 0 aliphatic carbocycles. The van der Waals surface area contributed by atoms with Gasteiger partial charge in [-0.05, 0) is 50.7 Å². The largest absolute Gasteiger partial charge is 0.371 e. The topological polar surface area (TPSA) is 23.6 Å². The van der Waals surface area contributed by atoms with Crippen molar-refractivity contribution in [1.82, 2.24) is 4.90 Å². The van der Waals surface area contributed by atoms with Gasteiger partial charge in [0, 0.05) is 31.9 Å². The van der Waals surface area contributed by atoms with Gasteiger partial charge in [-0.2, -0.15) is 0 Å². The van der Waals surface area contributed by atoms with Crippen molar-refractivity contribution in [1.29, 1.82) is 0 Å². The molecular formula is C21H34N2O. The summed E-state index contributed by atoms with van der Waals surface area (Å²) < 4.78 is 0. The van der Waals surface area contributed by atoms with E-state index in [2.05, 4.69) is 55.7 Å². The first-order valence-electron chi connectivity index (χ1n) is 9.71. The third-order valence-corrected chi connectivity index (χ3v) is 5.07. The molecule has 1 heterocycles. The molecule has 0 bridgehead atoms. The Kier molecular flexibility index (Phi) is 7.14. The van der Waals surface area contributed by atoms with Crippen molar-refractivity contribution >= 4 is 11.6 Å². The molecule has 0 spiro atoms. The van der Waals surface area contributed by atoms with Crippen molar-refractivity contribution < 1.29 is 4.79 Å². The zero-order chi connectivity index (χ0) is 17.5. The molecule has 3 nitrogen and oxygen atoms in total. The molecule has 134 valence electrons. The lowest BCUT2D eigenvalue weighted by Crippen LogP contribution is -2.39. The molecule has 24 heavy (non-hydrogen) atoms. The quantitative estimate of drug-likeness (QED) is 0.711. The lowest BCUT2D eigenvalue weighted by atomic mass is 9.98. The van der Waals surface area contributed by atoms with Gasteiger partial charge in [-0.1, -0.05) is 38.8 Å². The van der Waals surface area contributed by atoms with Crippen LogP contribution in [0.2, 0.25) is 0 Å². The second-order valence-corrected chi connectivity index (χ2v) is 7.34. The van der Waals surface area contributed by atoms with Crippen molar-refractivity contribution in [2.45, 2.75) is 59.8 Å². The highest BCUT2D eigenvalue weighted by Crippen LogP contribution is 2.26. The zero-order valence-corrected chi connectivity index (χ0v) is 16.0. The number of piperidine rings is 1. The maximum Gasteiger partial charge on any atom is 0.255 e. The van der Waals surface area contributed by atoms with Gasteiger partial charge < -0.3 is 9.80 Å². The van der Waals surface area contributed by atoms with Crippen molar-refractivity contribution in [2.75, 3.05) is 31.1 Å². The number of carbonyl (C=O) groups is 1. The van der Waals surface area contributed by atoms with Gasteiger partial charge in [0.2, 0.25) is 0 Å². The predicted octanol–water partition coefficient (Wildman–Crippen LogP) is 4.88. The number of nitrogens with zero attached hydrogens (tertiary/aromatic N) is 2. The van der Waals surface area contributed by atoms with Crippen LogP contribution < -0.4 is 4.90 Å². The number of aryl methyl sites for hydroxylation is 1. The first-order valence-corrected chi connectivity index (χ1v) is 9.71. The van der Waals surface area contributed by atoms with Crippen LogP contribution in [0.25, 0.3) is 0 Å². The van der Waals surface area contributed by atoms with Gasteiger partial charge in [0.05, 0.1) is 5.56 Å². The number of carbonyl (C=O) groups excluding carboxylic acids is 1. The second-order valence-electron chi connectivity index (χ2n) is 7.34. The van der Waals surface area contributed by atoms with Crippen LogP contribution >= 0.6 is 0 Å². The molecule has 3 heteroatoms. The molecule has 0 unspecified atom stereocenters. The standard InChI is InChI=1S/C21H34N2O/c1-5-7-13-22(12-6-2)20-9-8-18(4)16-19(20)21(24)23-14-10-17(3)11-15-23/h8-9,16-17H,5-7,10-15H2,1-4H3. The van der Waals surface area contributed by atoms with Gasteiger partial charge >= 0.3 is 0 Å². The van der Waals surface area contributed by atoms with Crippen molar-refractivity contribution in [3.8, 4) is 0 Å². The summed E-state index contributed by atoms with van der Waals surface area (Å²) >= 11 is 0. The van der Waals surface area contributed by atoms with Gasteiger partial charge in [-0.15, -0.1) is 0 Å². The van der Waals surface area contributed by atoms with Crippen LogP contribution in [0.1, 0.15) is 68.8 Å². The first kappa shape index (κ1) is 18.8. The lowest BCUT2D eigenvalue weighted by molar-refractivity contribution is 0.0697. The molecule has 0 aromatic heterocycles. The molecule has 1 aromatic rings. The van der Waals surface area contributed by atoms with E-state index >= 15 is 0 Å². The summed E-state index contributed by atoms with van der Waals surface area (Å²) in [4.78, 5) is 17.6. The third-order valence-electron chi connectivity index (χ3n) is 5.07. The second kappa shape index (κ2) is 9.10. The minimum absolute atomic E-state index is 0.221. The summed E-state index contributed by atoms with van der Waals surface area (Å²) in [5, 5.41) is 0. The Hall–Kier alpha value is -1.51. The Morgan fingerprint density at radius 2 is 1.88 bits per heavy atom. The van der Waals surface area contributed by atoms with Crippen LogP contribution in [-0.4, -0.2) is 37.0 Å². The Bertz CT molecular complexity index is 533. The number of amides is 1. The number of hydrogen-bond acceptors (Lipinski definition) is 2. The Labute approximate surface area is 148 Å². The molecule has 0 N–H and O–H groups in total. The lowest BCUT2D eigenvalue weighted by Gasteiger charge is -2.33. The summed E-state index contributed by atoms with van der Waals surface area (Å²) in [7, 11) is 0. The van der Waals surface area contributed by atoms with E-state index in [0.29, 0.717) is 0 Å². The van der Waals surface area contributed by atoms with Crippen molar-refractivity contribution in [3.63, 3.8) is 0 Å². The average Bonchev–Trinajstić information content (AvgIpc) is 2.59. The summed E-state index contributed by atoms with van der Waals surface area (Å²) in [6.07, 6.45) is 5.71. The Morgan fingerprint density at radius 1 is 1.17 bits per heavy atom. The Morgan fingerprint density at radius 3 is 2.50 bits per heavy atom. The molecule has 0 radical (unpaired) electrons. The maximum atomic E-state index is 13.2. The number of rotatable bonds is 7. The molecule has 1 aliphatic heterocycles. The highest BCUT2D eigenvalue weighted by molar-refractivity contribution is 6.00. The van der Waals surface area contributed by atoms with Crippen LogP contribution in [0.4, 0.5) is 5.69 Å². The summed E-state index contributed by atoms with van der Waals surface area (Å²) in [5.41, 5.74) is 3.19. The highest BCUT2D eigenvalue weighted by atomic mass is 16.2. The average molecular weight is 331 g/mol. The number of unbranched alkanes of at least 4 members (excludes halogenated alkanes) is 1. The Balaban J connectivity index is 2.26. The fourth-order valence-electron chi connectivity index (χ4n) is 3.45. The van der Waals surface area contributed by atoms with Crippen LogP contribution in [-0.2, 0) is 0 Å². The van der Waals surface area contributed by atoms with Gasteiger partial charge in [0.1, 0.15) is 0 Å². The molecule has 1 saturated heterocycles. The first-order chi connectivity index (χ1) is 11.6. The molecular weight excluding hydrogens is 296 g/mol. The van der Waals surface area contributed by atoms with Gasteiger partial charge in [-0.3, -0.25) is 4.79 Å². The maximum absolute atomic E-state index is 13.2. The number of likely N-dealkylation sites (tertiary alicyclic amines) is 1. The normalized spacial score (nSPS) is 15.6. The SMILES string of the molecule is CCCCN(CCC)c1ccc(C)cc1C(=O)N1CCC(C)CC1. The molecule has 0 saturated carbocycles. The molecule has 1 fully saturated rings. The van der Waals surface area contributed by atoms with Crippen LogP contribution in [0, 0.1) is 12.8 Å².